The third-order valence-electron chi connectivity index (χ3n) is 11.7. The number of halogens is 24. The summed E-state index contributed by atoms with van der Waals surface area (Å²) < 4.78 is 343. The molecule has 0 aliphatic rings. The zero-order valence-corrected chi connectivity index (χ0v) is 38.1. The van der Waals surface area contributed by atoms with E-state index >= 15 is 0 Å². The third kappa shape index (κ3) is 13.6. The molecule has 78 heavy (non-hydrogen) atoms. The largest absolute Gasteiger partial charge is 0.416 e. The normalized spacial score (nSPS) is 13.2. The minimum absolute atomic E-state index is 0.0142. The molecule has 0 saturated heterocycles. The maximum atomic E-state index is 14.2. The Labute approximate surface area is 422 Å². The van der Waals surface area contributed by atoms with Crippen LogP contribution in [0.5, 0.6) is 0 Å². The lowest BCUT2D eigenvalue weighted by molar-refractivity contribution is -0.690. The topological polar surface area (TPSA) is 33.8 Å². The summed E-state index contributed by atoms with van der Waals surface area (Å²) in [6.45, 7) is 0.650. The SMILES string of the molecule is FC(F)(F)c1cc([B-](c2cc(C(F)(F)F)cc(C(F)(F)F)c2)(c2cc(C(F)(F)F)cc(C(F)(F)F)c2)c2cc(C(F)(F)F)cc(C(F)(F)F)c2)cc(C(F)(F)F)c1.O=C(c1ccccc1)c1cncc[n+]1Cc1ccccc1. The number of nitrogens with zero attached hydrogens (tertiary/aromatic N) is 2. The molecule has 0 amide bonds. The van der Waals surface area contributed by atoms with Crippen LogP contribution in [0.15, 0.2) is 152 Å². The fraction of sp³-hybridized carbons (Fsp3) is 0.180. The zero-order valence-electron chi connectivity index (χ0n) is 38.1. The summed E-state index contributed by atoms with van der Waals surface area (Å²) in [7, 11) is 0. The van der Waals surface area contributed by atoms with Crippen LogP contribution in [0, 0.1) is 0 Å². The average molecular weight is 1140 g/mol. The highest BCUT2D eigenvalue weighted by Crippen LogP contribution is 2.41. The summed E-state index contributed by atoms with van der Waals surface area (Å²) in [6.07, 6.45) is -49.6. The van der Waals surface area contributed by atoms with E-state index in [1.165, 1.54) is 0 Å². The predicted octanol–water partition coefficient (Wildman–Crippen LogP) is 13.9. The quantitative estimate of drug-likeness (QED) is 0.0658. The molecule has 0 bridgehead atoms. The monoisotopic (exact) mass is 1140 g/mol. The van der Waals surface area contributed by atoms with Crippen molar-refractivity contribution in [3.8, 4) is 0 Å². The van der Waals surface area contributed by atoms with Crippen LogP contribution in [0.3, 0.4) is 0 Å². The number of carbonyl (C=O) groups excluding carboxylic acids is 1. The summed E-state index contributed by atoms with van der Waals surface area (Å²) in [5.74, 6) is -0.0142. The van der Waals surface area contributed by atoms with E-state index in [2.05, 4.69) is 4.98 Å². The van der Waals surface area contributed by atoms with Crippen LogP contribution in [0.25, 0.3) is 0 Å². The molecule has 0 fully saturated rings. The number of hydrogen-bond donors (Lipinski definition) is 0. The minimum Gasteiger partial charge on any atom is -0.282 e. The first-order chi connectivity index (χ1) is 35.6. The fourth-order valence-electron chi connectivity index (χ4n) is 8.30. The second-order valence-corrected chi connectivity index (χ2v) is 17.0. The highest BCUT2D eigenvalue weighted by atomic mass is 19.4. The summed E-state index contributed by atoms with van der Waals surface area (Å²) in [5, 5.41) is 0. The Balaban J connectivity index is 0.000000387. The molecule has 0 radical (unpaired) electrons. The van der Waals surface area contributed by atoms with Gasteiger partial charge in [0, 0.05) is 11.1 Å². The van der Waals surface area contributed by atoms with Crippen molar-refractivity contribution in [1.82, 2.24) is 4.98 Å². The van der Waals surface area contributed by atoms with Gasteiger partial charge in [-0.15, -0.1) is 0 Å². The van der Waals surface area contributed by atoms with Crippen LogP contribution in [0.2, 0.25) is 0 Å². The first kappa shape index (κ1) is 59.7. The minimum atomic E-state index is -6.13. The first-order valence-electron chi connectivity index (χ1n) is 21.4. The van der Waals surface area contributed by atoms with E-state index in [1.807, 2.05) is 71.4 Å². The van der Waals surface area contributed by atoms with Gasteiger partial charge in [0.2, 0.25) is 0 Å². The molecule has 414 valence electrons. The number of carbonyl (C=O) groups is 1. The van der Waals surface area contributed by atoms with Crippen molar-refractivity contribution in [1.29, 1.82) is 0 Å². The Morgan fingerprint density at radius 2 is 0.628 bits per heavy atom. The van der Waals surface area contributed by atoms with E-state index in [0.717, 1.165) is 5.56 Å². The molecule has 3 nitrogen and oxygen atoms in total. The standard InChI is InChI=1S/C32H12BF24.C18H15N2O/c34-25(35,36)13-1-14(26(37,38)39)6-21(5-13)33(22-7-15(27(40,41)42)2-16(8-22)28(43,44)45,23-9-17(29(46,47)48)3-18(10-23)30(49,50)51)24-11-19(31(52,53)54)4-20(12-24)32(55,56)57;21-18(16-9-5-2-6-10-16)17-13-19-11-12-20(17)14-15-7-3-1-4-8-15/h1-12H;1-13H,14H2/q-1;+1. The Hall–Kier alpha value is -7.55. The molecule has 0 aliphatic heterocycles. The number of rotatable bonds is 8. The van der Waals surface area contributed by atoms with Crippen LogP contribution in [-0.2, 0) is 56.0 Å². The number of alkyl halides is 24. The maximum absolute atomic E-state index is 14.2. The molecule has 0 atom stereocenters. The van der Waals surface area contributed by atoms with Gasteiger partial charge in [0.15, 0.2) is 12.7 Å². The Morgan fingerprint density at radius 1 is 0.372 bits per heavy atom. The predicted molar refractivity (Wildman–Crippen MR) is 230 cm³/mol. The van der Waals surface area contributed by atoms with Gasteiger partial charge in [0.25, 0.3) is 11.5 Å². The molecule has 6 aromatic carbocycles. The number of benzene rings is 6. The summed E-state index contributed by atoms with van der Waals surface area (Å²) in [4.78, 5) is 16.7. The van der Waals surface area contributed by atoms with Gasteiger partial charge < -0.3 is 0 Å². The molecule has 0 unspecified atom stereocenters. The van der Waals surface area contributed by atoms with E-state index in [-0.39, 0.29) is 5.78 Å². The van der Waals surface area contributed by atoms with Crippen LogP contribution < -0.4 is 26.4 Å². The lowest BCUT2D eigenvalue weighted by Crippen LogP contribution is -2.75. The van der Waals surface area contributed by atoms with Crippen molar-refractivity contribution in [3.05, 3.63) is 213 Å². The molecular weight excluding hydrogens is 1110 g/mol. The molecule has 1 aromatic heterocycles. The van der Waals surface area contributed by atoms with Gasteiger partial charge in [-0.25, -0.2) is 0 Å². The van der Waals surface area contributed by atoms with Crippen molar-refractivity contribution in [3.63, 3.8) is 0 Å². The molecule has 0 saturated carbocycles. The van der Waals surface area contributed by atoms with Crippen LogP contribution in [0.4, 0.5) is 105 Å². The maximum Gasteiger partial charge on any atom is 0.416 e. The smallest absolute Gasteiger partial charge is 0.282 e. The molecular formula is C50H27BF24N2O. The summed E-state index contributed by atoms with van der Waals surface area (Å²) >= 11 is 0. The molecule has 0 spiro atoms. The molecule has 7 rings (SSSR count). The Kier molecular flexibility index (Phi) is 16.1. The van der Waals surface area contributed by atoms with Gasteiger partial charge >= 0.3 is 49.4 Å². The fourth-order valence-corrected chi connectivity index (χ4v) is 8.30. The molecule has 28 heteroatoms. The second-order valence-electron chi connectivity index (χ2n) is 17.0. The zero-order chi connectivity index (χ0) is 58.4. The summed E-state index contributed by atoms with van der Waals surface area (Å²) in [6, 6.07) is 10.5. The average Bonchev–Trinajstić information content (AvgIpc) is 3.39. The van der Waals surface area contributed by atoms with E-state index in [0.29, 0.717) is 17.8 Å². The van der Waals surface area contributed by atoms with Crippen molar-refractivity contribution < 1.29 is 115 Å². The Morgan fingerprint density at radius 3 is 0.885 bits per heavy atom. The highest BCUT2D eigenvalue weighted by molar-refractivity contribution is 7.20. The van der Waals surface area contributed by atoms with Gasteiger partial charge in [-0.05, 0) is 24.3 Å². The van der Waals surface area contributed by atoms with Gasteiger partial charge in [-0.3, -0.25) is 9.78 Å². The van der Waals surface area contributed by atoms with E-state index in [4.69, 9.17) is 0 Å². The van der Waals surface area contributed by atoms with Gasteiger partial charge in [0.05, 0.1) is 50.7 Å². The van der Waals surface area contributed by atoms with Gasteiger partial charge in [-0.1, -0.05) is 109 Å². The highest BCUT2D eigenvalue weighted by Gasteiger charge is 2.47. The van der Waals surface area contributed by atoms with Gasteiger partial charge in [-0.2, -0.15) is 132 Å². The van der Waals surface area contributed by atoms with Crippen LogP contribution in [0.1, 0.15) is 66.1 Å². The van der Waals surface area contributed by atoms with Crippen molar-refractivity contribution in [2.75, 3.05) is 0 Å². The number of aromatic nitrogens is 2. The van der Waals surface area contributed by atoms with Crippen molar-refractivity contribution in [2.24, 2.45) is 0 Å². The van der Waals surface area contributed by atoms with Crippen LogP contribution in [-0.4, -0.2) is 16.9 Å². The van der Waals surface area contributed by atoms with Crippen molar-refractivity contribution >= 4 is 33.8 Å². The van der Waals surface area contributed by atoms with E-state index < -0.39 is 195 Å². The number of ketones is 1. The summed E-state index contributed by atoms with van der Waals surface area (Å²) in [5.41, 5.74) is -27.8. The van der Waals surface area contributed by atoms with Crippen molar-refractivity contribution in [2.45, 2.75) is 56.0 Å². The molecule has 7 aromatic rings. The lowest BCUT2D eigenvalue weighted by Gasteiger charge is -2.46. The first-order valence-corrected chi connectivity index (χ1v) is 21.4. The van der Waals surface area contributed by atoms with E-state index in [9.17, 15) is 110 Å². The van der Waals surface area contributed by atoms with Crippen LogP contribution >= 0.6 is 0 Å². The second kappa shape index (κ2) is 21.0. The van der Waals surface area contributed by atoms with E-state index in [1.54, 1.807) is 12.4 Å². The molecule has 0 N–H and O–H groups in total. The molecule has 0 aliphatic carbocycles. The lowest BCUT2D eigenvalue weighted by atomic mass is 9.12. The van der Waals surface area contributed by atoms with Gasteiger partial charge in [0.1, 0.15) is 12.3 Å². The number of hydrogen-bond acceptors (Lipinski definition) is 2. The Bertz CT molecular complexity index is 2840. The molecule has 1 heterocycles. The third-order valence-corrected chi connectivity index (χ3v) is 11.7.